The summed E-state index contributed by atoms with van der Waals surface area (Å²) >= 11 is 11.7. The largest absolute Gasteiger partial charge is 0.495 e. The standard InChI is InChI=1S/C17H15Cl2NO4/c1-10(24-17(22)11-3-5-12(18)6-4-11)16(21)20-14-9-13(19)7-8-15(14)23-2/h3-10H,1-2H3,(H,20,21)/t10-/m0/s1. The predicted octanol–water partition coefficient (Wildman–Crippen LogP) is 4.19. The van der Waals surface area contributed by atoms with Crippen molar-refractivity contribution in [1.29, 1.82) is 0 Å². The average molecular weight is 368 g/mol. The second-order valence-electron chi connectivity index (χ2n) is 4.89. The first-order valence-corrected chi connectivity index (χ1v) is 7.77. The van der Waals surface area contributed by atoms with Gasteiger partial charge in [0.15, 0.2) is 6.10 Å². The molecule has 1 amide bonds. The quantitative estimate of drug-likeness (QED) is 0.804. The Kier molecular flexibility index (Phi) is 6.06. The van der Waals surface area contributed by atoms with Crippen LogP contribution in [0.2, 0.25) is 10.0 Å². The summed E-state index contributed by atoms with van der Waals surface area (Å²) in [6, 6.07) is 11.0. The van der Waals surface area contributed by atoms with E-state index in [0.29, 0.717) is 27.0 Å². The fourth-order valence-corrected chi connectivity index (χ4v) is 2.18. The van der Waals surface area contributed by atoms with Gasteiger partial charge in [0.2, 0.25) is 0 Å². The van der Waals surface area contributed by atoms with Gasteiger partial charge in [0.05, 0.1) is 18.4 Å². The third-order valence-corrected chi connectivity index (χ3v) is 3.64. The zero-order valence-electron chi connectivity index (χ0n) is 13.0. The van der Waals surface area contributed by atoms with Gasteiger partial charge in [0.1, 0.15) is 5.75 Å². The fourth-order valence-electron chi connectivity index (χ4n) is 1.88. The van der Waals surface area contributed by atoms with Gasteiger partial charge in [-0.05, 0) is 49.4 Å². The van der Waals surface area contributed by atoms with Crippen molar-refractivity contribution in [2.75, 3.05) is 12.4 Å². The van der Waals surface area contributed by atoms with Crippen molar-refractivity contribution in [3.63, 3.8) is 0 Å². The van der Waals surface area contributed by atoms with Crippen LogP contribution in [0.25, 0.3) is 0 Å². The zero-order valence-corrected chi connectivity index (χ0v) is 14.5. The van der Waals surface area contributed by atoms with E-state index in [9.17, 15) is 9.59 Å². The normalized spacial score (nSPS) is 11.5. The van der Waals surface area contributed by atoms with Crippen molar-refractivity contribution in [2.24, 2.45) is 0 Å². The fraction of sp³-hybridized carbons (Fsp3) is 0.176. The third-order valence-electron chi connectivity index (χ3n) is 3.15. The van der Waals surface area contributed by atoms with Crippen molar-refractivity contribution >= 4 is 40.8 Å². The summed E-state index contributed by atoms with van der Waals surface area (Å²) in [7, 11) is 1.48. The molecule has 0 aliphatic carbocycles. The summed E-state index contributed by atoms with van der Waals surface area (Å²) in [6.45, 7) is 1.47. The number of benzene rings is 2. The minimum atomic E-state index is -1.00. The Labute approximate surface area is 149 Å². The molecule has 2 aromatic carbocycles. The molecule has 2 rings (SSSR count). The molecule has 0 radical (unpaired) electrons. The van der Waals surface area contributed by atoms with E-state index in [0.717, 1.165) is 0 Å². The first-order valence-electron chi connectivity index (χ1n) is 7.01. The Bertz CT molecular complexity index is 747. The van der Waals surface area contributed by atoms with Gasteiger partial charge in [0, 0.05) is 10.0 Å². The van der Waals surface area contributed by atoms with Gasteiger partial charge < -0.3 is 14.8 Å². The zero-order chi connectivity index (χ0) is 17.7. The van der Waals surface area contributed by atoms with E-state index in [-0.39, 0.29) is 0 Å². The molecule has 0 fully saturated rings. The van der Waals surface area contributed by atoms with Crippen molar-refractivity contribution in [3.05, 3.63) is 58.1 Å². The Morgan fingerprint density at radius 3 is 2.29 bits per heavy atom. The molecule has 0 spiro atoms. The number of esters is 1. The van der Waals surface area contributed by atoms with Gasteiger partial charge >= 0.3 is 5.97 Å². The molecule has 0 unspecified atom stereocenters. The maximum absolute atomic E-state index is 12.2. The van der Waals surface area contributed by atoms with E-state index >= 15 is 0 Å². The number of methoxy groups -OCH3 is 1. The van der Waals surface area contributed by atoms with Crippen LogP contribution in [0.3, 0.4) is 0 Å². The first kappa shape index (κ1) is 18.1. The highest BCUT2D eigenvalue weighted by Gasteiger charge is 2.20. The monoisotopic (exact) mass is 367 g/mol. The number of carbonyl (C=O) groups is 2. The van der Waals surface area contributed by atoms with Gasteiger partial charge in [0.25, 0.3) is 5.91 Å². The number of hydrogen-bond acceptors (Lipinski definition) is 4. The number of hydrogen-bond donors (Lipinski definition) is 1. The van der Waals surface area contributed by atoms with Crippen molar-refractivity contribution in [2.45, 2.75) is 13.0 Å². The maximum Gasteiger partial charge on any atom is 0.338 e. The Morgan fingerprint density at radius 2 is 1.67 bits per heavy atom. The number of halogens is 2. The van der Waals surface area contributed by atoms with Crippen LogP contribution in [-0.2, 0) is 9.53 Å². The highest BCUT2D eigenvalue weighted by Crippen LogP contribution is 2.27. The highest BCUT2D eigenvalue weighted by molar-refractivity contribution is 6.31. The minimum Gasteiger partial charge on any atom is -0.495 e. The predicted molar refractivity (Wildman–Crippen MR) is 93.0 cm³/mol. The second-order valence-corrected chi connectivity index (χ2v) is 5.76. The molecule has 0 saturated heterocycles. The van der Waals surface area contributed by atoms with Crippen LogP contribution in [0.5, 0.6) is 5.75 Å². The molecule has 0 aliphatic heterocycles. The Morgan fingerprint density at radius 1 is 1.04 bits per heavy atom. The molecule has 5 nitrogen and oxygen atoms in total. The van der Waals surface area contributed by atoms with Crippen LogP contribution >= 0.6 is 23.2 Å². The van der Waals surface area contributed by atoms with Crippen molar-refractivity contribution in [1.82, 2.24) is 0 Å². The molecule has 2 aromatic rings. The smallest absolute Gasteiger partial charge is 0.338 e. The molecular weight excluding hydrogens is 353 g/mol. The lowest BCUT2D eigenvalue weighted by Gasteiger charge is -2.15. The molecule has 0 heterocycles. The lowest BCUT2D eigenvalue weighted by Crippen LogP contribution is -2.30. The number of ether oxygens (including phenoxy) is 2. The lowest BCUT2D eigenvalue weighted by molar-refractivity contribution is -0.123. The third kappa shape index (κ3) is 4.63. The topological polar surface area (TPSA) is 64.6 Å². The maximum atomic E-state index is 12.2. The molecule has 0 bridgehead atoms. The summed E-state index contributed by atoms with van der Waals surface area (Å²) in [5.41, 5.74) is 0.698. The molecule has 0 saturated carbocycles. The number of carbonyl (C=O) groups excluding carboxylic acids is 2. The molecule has 1 atom stereocenters. The van der Waals surface area contributed by atoms with E-state index in [1.807, 2.05) is 0 Å². The summed E-state index contributed by atoms with van der Waals surface area (Å²) in [4.78, 5) is 24.2. The van der Waals surface area contributed by atoms with Crippen molar-refractivity contribution in [3.8, 4) is 5.75 Å². The molecule has 1 N–H and O–H groups in total. The summed E-state index contributed by atoms with van der Waals surface area (Å²) in [6.07, 6.45) is -1.00. The van der Waals surface area contributed by atoms with Crippen LogP contribution in [0.4, 0.5) is 5.69 Å². The number of rotatable bonds is 5. The van der Waals surface area contributed by atoms with Gasteiger partial charge in [-0.3, -0.25) is 4.79 Å². The van der Waals surface area contributed by atoms with Crippen LogP contribution in [0.15, 0.2) is 42.5 Å². The highest BCUT2D eigenvalue weighted by atomic mass is 35.5. The minimum absolute atomic E-state index is 0.305. The molecule has 24 heavy (non-hydrogen) atoms. The summed E-state index contributed by atoms with van der Waals surface area (Å²) < 4.78 is 10.3. The summed E-state index contributed by atoms with van der Waals surface area (Å²) in [5, 5.41) is 3.57. The van der Waals surface area contributed by atoms with Gasteiger partial charge in [-0.25, -0.2) is 4.79 Å². The van der Waals surface area contributed by atoms with E-state index < -0.39 is 18.0 Å². The Hall–Kier alpha value is -2.24. The lowest BCUT2D eigenvalue weighted by atomic mass is 10.2. The summed E-state index contributed by atoms with van der Waals surface area (Å²) in [5.74, 6) is -0.672. The molecule has 0 aliphatic rings. The van der Waals surface area contributed by atoms with Crippen LogP contribution in [-0.4, -0.2) is 25.1 Å². The number of nitrogens with one attached hydrogen (secondary N) is 1. The SMILES string of the molecule is COc1ccc(Cl)cc1NC(=O)[C@H](C)OC(=O)c1ccc(Cl)cc1. The van der Waals surface area contributed by atoms with E-state index in [4.69, 9.17) is 32.7 Å². The Balaban J connectivity index is 2.03. The van der Waals surface area contributed by atoms with Crippen molar-refractivity contribution < 1.29 is 19.1 Å². The van der Waals surface area contributed by atoms with Crippen LogP contribution in [0.1, 0.15) is 17.3 Å². The average Bonchev–Trinajstić information content (AvgIpc) is 2.55. The molecule has 7 heteroatoms. The number of anilines is 1. The van der Waals surface area contributed by atoms with Gasteiger partial charge in [-0.2, -0.15) is 0 Å². The first-order chi connectivity index (χ1) is 11.4. The molecule has 0 aromatic heterocycles. The second kappa shape index (κ2) is 8.04. The van der Waals surface area contributed by atoms with E-state index in [1.54, 1.807) is 30.3 Å². The molecule has 126 valence electrons. The van der Waals surface area contributed by atoms with Crippen LogP contribution in [0, 0.1) is 0 Å². The van der Waals surface area contributed by atoms with Gasteiger partial charge in [-0.1, -0.05) is 23.2 Å². The molecular formula is C17H15Cl2NO4. The van der Waals surface area contributed by atoms with E-state index in [2.05, 4.69) is 5.32 Å². The number of amides is 1. The van der Waals surface area contributed by atoms with E-state index in [1.165, 1.54) is 26.2 Å². The van der Waals surface area contributed by atoms with Crippen LogP contribution < -0.4 is 10.1 Å². The van der Waals surface area contributed by atoms with Gasteiger partial charge in [-0.15, -0.1) is 0 Å².